The van der Waals surface area contributed by atoms with Crippen molar-refractivity contribution in [3.05, 3.63) is 47.2 Å². The van der Waals surface area contributed by atoms with Crippen molar-refractivity contribution in [3.8, 4) is 22.2 Å². The number of nitrogens with zero attached hydrogens (tertiary/aromatic N) is 4. The van der Waals surface area contributed by atoms with E-state index in [1.807, 2.05) is 40.6 Å². The molecule has 0 atom stereocenters. The molecular formula is C22H26N4O4S. The van der Waals surface area contributed by atoms with Crippen LogP contribution >= 0.6 is 11.3 Å². The first kappa shape index (κ1) is 21.3. The minimum atomic E-state index is 0.155. The SMILES string of the molecule is COc1ccc(OC)c(CCC(=O)N2CCN(Cc3nc(-c4cccs4)no3)CC2)c1. The Balaban J connectivity index is 1.26. The topological polar surface area (TPSA) is 80.9 Å². The van der Waals surface area contributed by atoms with Crippen molar-refractivity contribution in [1.29, 1.82) is 0 Å². The minimum Gasteiger partial charge on any atom is -0.497 e. The van der Waals surface area contributed by atoms with Crippen LogP contribution in [0.3, 0.4) is 0 Å². The van der Waals surface area contributed by atoms with E-state index in [2.05, 4.69) is 15.0 Å². The molecule has 0 radical (unpaired) electrons. The number of hydrogen-bond donors (Lipinski definition) is 0. The molecule has 3 aromatic rings. The van der Waals surface area contributed by atoms with Crippen molar-refractivity contribution >= 4 is 17.2 Å². The Morgan fingerprint density at radius 1 is 1.16 bits per heavy atom. The molecule has 164 valence electrons. The largest absolute Gasteiger partial charge is 0.497 e. The number of thiophene rings is 1. The molecule has 1 aliphatic heterocycles. The van der Waals surface area contributed by atoms with Crippen molar-refractivity contribution in [1.82, 2.24) is 19.9 Å². The normalized spacial score (nSPS) is 14.6. The summed E-state index contributed by atoms with van der Waals surface area (Å²) in [5, 5.41) is 6.05. The molecule has 0 spiro atoms. The number of rotatable bonds is 8. The van der Waals surface area contributed by atoms with Gasteiger partial charge in [-0.1, -0.05) is 11.2 Å². The number of piperazine rings is 1. The molecule has 0 aliphatic carbocycles. The molecule has 0 bridgehead atoms. The fraction of sp³-hybridized carbons (Fsp3) is 0.409. The van der Waals surface area contributed by atoms with Crippen LogP contribution in [0.5, 0.6) is 11.5 Å². The Labute approximate surface area is 185 Å². The number of carbonyl (C=O) groups is 1. The van der Waals surface area contributed by atoms with E-state index in [4.69, 9.17) is 14.0 Å². The van der Waals surface area contributed by atoms with E-state index in [1.54, 1.807) is 25.6 Å². The molecular weight excluding hydrogens is 416 g/mol. The van der Waals surface area contributed by atoms with Gasteiger partial charge in [-0.05, 0) is 41.6 Å². The van der Waals surface area contributed by atoms with E-state index in [0.717, 1.165) is 35.0 Å². The summed E-state index contributed by atoms with van der Waals surface area (Å²) in [5.41, 5.74) is 0.978. The standard InChI is InChI=1S/C22H26N4O4S/c1-28-17-6-7-18(29-2)16(14-17)5-8-21(27)26-11-9-25(10-12-26)15-20-23-22(24-30-20)19-4-3-13-31-19/h3-4,6-7,13-14H,5,8-12,15H2,1-2H3. The molecule has 1 aliphatic rings. The second-order valence-electron chi connectivity index (χ2n) is 7.32. The Hall–Kier alpha value is -2.91. The number of methoxy groups -OCH3 is 2. The third-order valence-electron chi connectivity index (χ3n) is 5.39. The van der Waals surface area contributed by atoms with Crippen LogP contribution in [0, 0.1) is 0 Å². The minimum absolute atomic E-state index is 0.155. The molecule has 2 aromatic heterocycles. The number of carbonyl (C=O) groups excluding carboxylic acids is 1. The lowest BCUT2D eigenvalue weighted by molar-refractivity contribution is -0.133. The number of aromatic nitrogens is 2. The molecule has 1 saturated heterocycles. The molecule has 0 unspecified atom stereocenters. The van der Waals surface area contributed by atoms with Crippen LogP contribution < -0.4 is 9.47 Å². The van der Waals surface area contributed by atoms with Crippen molar-refractivity contribution in [2.75, 3.05) is 40.4 Å². The highest BCUT2D eigenvalue weighted by Crippen LogP contribution is 2.25. The van der Waals surface area contributed by atoms with E-state index < -0.39 is 0 Å². The molecule has 1 fully saturated rings. The van der Waals surface area contributed by atoms with Gasteiger partial charge in [-0.25, -0.2) is 0 Å². The first-order valence-corrected chi connectivity index (χ1v) is 11.1. The van der Waals surface area contributed by atoms with Gasteiger partial charge in [-0.3, -0.25) is 9.69 Å². The average Bonchev–Trinajstić information content (AvgIpc) is 3.50. The molecule has 0 saturated carbocycles. The summed E-state index contributed by atoms with van der Waals surface area (Å²) in [6.45, 7) is 3.55. The quantitative estimate of drug-likeness (QED) is 0.530. The van der Waals surface area contributed by atoms with E-state index in [0.29, 0.717) is 44.2 Å². The Morgan fingerprint density at radius 3 is 2.71 bits per heavy atom. The Kier molecular flexibility index (Phi) is 6.83. The lowest BCUT2D eigenvalue weighted by Crippen LogP contribution is -2.48. The molecule has 1 amide bonds. The van der Waals surface area contributed by atoms with Gasteiger partial charge in [0.25, 0.3) is 0 Å². The molecule has 1 aromatic carbocycles. The molecule has 8 nitrogen and oxygen atoms in total. The van der Waals surface area contributed by atoms with Crippen LogP contribution in [0.2, 0.25) is 0 Å². The number of ether oxygens (including phenoxy) is 2. The first-order chi connectivity index (χ1) is 15.2. The summed E-state index contributed by atoms with van der Waals surface area (Å²) in [7, 11) is 3.27. The predicted octanol–water partition coefficient (Wildman–Crippen LogP) is 3.09. The van der Waals surface area contributed by atoms with E-state index in [-0.39, 0.29) is 5.91 Å². The fourth-order valence-electron chi connectivity index (χ4n) is 3.65. The lowest BCUT2D eigenvalue weighted by Gasteiger charge is -2.34. The van der Waals surface area contributed by atoms with E-state index in [1.165, 1.54) is 0 Å². The molecule has 9 heteroatoms. The molecule has 3 heterocycles. The van der Waals surface area contributed by atoms with E-state index >= 15 is 0 Å². The van der Waals surface area contributed by atoms with Crippen molar-refractivity contribution in [3.63, 3.8) is 0 Å². The molecule has 31 heavy (non-hydrogen) atoms. The maximum Gasteiger partial charge on any atom is 0.241 e. The van der Waals surface area contributed by atoms with Crippen LogP contribution in [-0.4, -0.2) is 66.2 Å². The second kappa shape index (κ2) is 9.93. The van der Waals surface area contributed by atoms with Crippen molar-refractivity contribution in [2.24, 2.45) is 0 Å². The molecule has 0 N–H and O–H groups in total. The van der Waals surface area contributed by atoms with Gasteiger partial charge in [0, 0.05) is 32.6 Å². The average molecular weight is 443 g/mol. The summed E-state index contributed by atoms with van der Waals surface area (Å²) in [4.78, 5) is 22.4. The molecule has 4 rings (SSSR count). The zero-order valence-electron chi connectivity index (χ0n) is 17.7. The first-order valence-electron chi connectivity index (χ1n) is 10.2. The van der Waals surface area contributed by atoms with Gasteiger partial charge in [0.05, 0.1) is 25.6 Å². The van der Waals surface area contributed by atoms with Crippen LogP contribution in [0.15, 0.2) is 40.2 Å². The highest BCUT2D eigenvalue weighted by molar-refractivity contribution is 7.13. The van der Waals surface area contributed by atoms with Crippen molar-refractivity contribution in [2.45, 2.75) is 19.4 Å². The highest BCUT2D eigenvalue weighted by atomic mass is 32.1. The lowest BCUT2D eigenvalue weighted by atomic mass is 10.1. The van der Waals surface area contributed by atoms with Crippen LogP contribution in [0.25, 0.3) is 10.7 Å². The zero-order chi connectivity index (χ0) is 21.6. The number of aryl methyl sites for hydroxylation is 1. The van der Waals surface area contributed by atoms with Gasteiger partial charge in [-0.2, -0.15) is 4.98 Å². The maximum absolute atomic E-state index is 12.7. The predicted molar refractivity (Wildman–Crippen MR) is 117 cm³/mol. The van der Waals surface area contributed by atoms with Crippen LogP contribution in [-0.2, 0) is 17.8 Å². The summed E-state index contributed by atoms with van der Waals surface area (Å²) in [5.74, 6) is 2.93. The van der Waals surface area contributed by atoms with Gasteiger partial charge < -0.3 is 18.9 Å². The summed E-state index contributed by atoms with van der Waals surface area (Å²) in [6.07, 6.45) is 1.06. The van der Waals surface area contributed by atoms with Gasteiger partial charge in [0.15, 0.2) is 0 Å². The maximum atomic E-state index is 12.7. The number of amides is 1. The second-order valence-corrected chi connectivity index (χ2v) is 8.27. The third kappa shape index (κ3) is 5.23. The highest BCUT2D eigenvalue weighted by Gasteiger charge is 2.23. The van der Waals surface area contributed by atoms with Crippen LogP contribution in [0.1, 0.15) is 17.9 Å². The van der Waals surface area contributed by atoms with Crippen molar-refractivity contribution < 1.29 is 18.8 Å². The van der Waals surface area contributed by atoms with Gasteiger partial charge in [0.2, 0.25) is 17.6 Å². The summed E-state index contributed by atoms with van der Waals surface area (Å²) < 4.78 is 16.1. The summed E-state index contributed by atoms with van der Waals surface area (Å²) in [6, 6.07) is 9.61. The number of hydrogen-bond acceptors (Lipinski definition) is 8. The van der Waals surface area contributed by atoms with E-state index in [9.17, 15) is 4.79 Å². The smallest absolute Gasteiger partial charge is 0.241 e. The third-order valence-corrected chi connectivity index (χ3v) is 6.26. The van der Waals surface area contributed by atoms with Gasteiger partial charge in [0.1, 0.15) is 11.5 Å². The monoisotopic (exact) mass is 442 g/mol. The van der Waals surface area contributed by atoms with Crippen LogP contribution in [0.4, 0.5) is 0 Å². The van der Waals surface area contributed by atoms with Gasteiger partial charge >= 0.3 is 0 Å². The number of benzene rings is 1. The fourth-order valence-corrected chi connectivity index (χ4v) is 4.30. The Morgan fingerprint density at radius 2 is 2.00 bits per heavy atom. The zero-order valence-corrected chi connectivity index (χ0v) is 18.6. The van der Waals surface area contributed by atoms with Gasteiger partial charge in [-0.15, -0.1) is 11.3 Å². The summed E-state index contributed by atoms with van der Waals surface area (Å²) >= 11 is 1.59. The Bertz CT molecular complexity index is 997.